The molecule has 7 heteroatoms. The Hall–Kier alpha value is -2.29. The maximum atomic E-state index is 12.0. The average Bonchev–Trinajstić information content (AvgIpc) is 2.99. The number of halogens is 1. The Morgan fingerprint density at radius 1 is 1.09 bits per heavy atom. The van der Waals surface area contributed by atoms with Gasteiger partial charge in [-0.3, -0.25) is 4.79 Å². The molecule has 0 saturated heterocycles. The summed E-state index contributed by atoms with van der Waals surface area (Å²) < 4.78 is 0.977. The highest BCUT2D eigenvalue weighted by Crippen LogP contribution is 2.17. The number of benzene rings is 2. The van der Waals surface area contributed by atoms with E-state index < -0.39 is 0 Å². The molecule has 3 rings (SSSR count). The number of carbonyl (C=O) groups is 1. The SMILES string of the molecule is O=C(Cn1nnc(-c2ccccc2)n1)Nc1ccccc1I. The predicted molar refractivity (Wildman–Crippen MR) is 91.0 cm³/mol. The van der Waals surface area contributed by atoms with Crippen LogP contribution in [0.4, 0.5) is 5.69 Å². The molecule has 0 saturated carbocycles. The van der Waals surface area contributed by atoms with Gasteiger partial charge in [-0.2, -0.15) is 4.80 Å². The molecule has 1 aromatic heterocycles. The van der Waals surface area contributed by atoms with Gasteiger partial charge in [0.25, 0.3) is 0 Å². The second-order valence-electron chi connectivity index (χ2n) is 4.54. The van der Waals surface area contributed by atoms with Gasteiger partial charge in [0, 0.05) is 9.13 Å². The molecule has 0 spiro atoms. The molecule has 0 atom stereocenters. The molecule has 6 nitrogen and oxygen atoms in total. The van der Waals surface area contributed by atoms with Gasteiger partial charge < -0.3 is 5.32 Å². The molecule has 110 valence electrons. The zero-order valence-corrected chi connectivity index (χ0v) is 13.6. The van der Waals surface area contributed by atoms with E-state index in [4.69, 9.17) is 0 Å². The van der Waals surface area contributed by atoms with Crippen molar-refractivity contribution in [3.05, 3.63) is 58.2 Å². The van der Waals surface area contributed by atoms with Crippen LogP contribution in [0.3, 0.4) is 0 Å². The van der Waals surface area contributed by atoms with Gasteiger partial charge in [-0.25, -0.2) is 0 Å². The number of hydrogen-bond donors (Lipinski definition) is 1. The molecule has 0 unspecified atom stereocenters. The molecule has 1 amide bonds. The summed E-state index contributed by atoms with van der Waals surface area (Å²) in [5.41, 5.74) is 1.64. The number of carbonyl (C=O) groups excluding carboxylic acids is 1. The van der Waals surface area contributed by atoms with Crippen molar-refractivity contribution in [2.75, 3.05) is 5.32 Å². The minimum absolute atomic E-state index is 0.0187. The second kappa shape index (κ2) is 6.65. The van der Waals surface area contributed by atoms with E-state index in [9.17, 15) is 4.79 Å². The van der Waals surface area contributed by atoms with Gasteiger partial charge in [0.05, 0.1) is 5.69 Å². The lowest BCUT2D eigenvalue weighted by Gasteiger charge is -2.06. The van der Waals surface area contributed by atoms with Gasteiger partial charge in [0.2, 0.25) is 11.7 Å². The van der Waals surface area contributed by atoms with Crippen molar-refractivity contribution in [1.82, 2.24) is 20.2 Å². The lowest BCUT2D eigenvalue weighted by molar-refractivity contribution is -0.117. The molecule has 0 radical (unpaired) electrons. The van der Waals surface area contributed by atoms with E-state index in [1.54, 1.807) is 0 Å². The van der Waals surface area contributed by atoms with Crippen molar-refractivity contribution in [1.29, 1.82) is 0 Å². The Bertz CT molecular complexity index is 787. The van der Waals surface area contributed by atoms with Crippen LogP contribution in [0, 0.1) is 3.57 Å². The van der Waals surface area contributed by atoms with Crippen molar-refractivity contribution in [2.45, 2.75) is 6.54 Å². The lowest BCUT2D eigenvalue weighted by Crippen LogP contribution is -2.20. The minimum Gasteiger partial charge on any atom is -0.323 e. The van der Waals surface area contributed by atoms with Crippen molar-refractivity contribution < 1.29 is 4.79 Å². The van der Waals surface area contributed by atoms with Crippen LogP contribution in [-0.4, -0.2) is 26.1 Å². The van der Waals surface area contributed by atoms with Gasteiger partial charge in [-0.1, -0.05) is 42.5 Å². The van der Waals surface area contributed by atoms with Crippen molar-refractivity contribution in [2.24, 2.45) is 0 Å². The fourth-order valence-corrected chi connectivity index (χ4v) is 2.42. The van der Waals surface area contributed by atoms with Crippen LogP contribution in [0.2, 0.25) is 0 Å². The van der Waals surface area contributed by atoms with E-state index in [-0.39, 0.29) is 12.5 Å². The zero-order valence-electron chi connectivity index (χ0n) is 11.5. The van der Waals surface area contributed by atoms with Crippen molar-refractivity contribution in [3.63, 3.8) is 0 Å². The van der Waals surface area contributed by atoms with E-state index in [2.05, 4.69) is 43.3 Å². The van der Waals surface area contributed by atoms with Gasteiger partial charge in [0.1, 0.15) is 6.54 Å². The summed E-state index contributed by atoms with van der Waals surface area (Å²) in [5, 5.41) is 14.9. The van der Waals surface area contributed by atoms with E-state index in [0.717, 1.165) is 14.8 Å². The molecule has 1 heterocycles. The maximum absolute atomic E-state index is 12.0. The summed E-state index contributed by atoms with van der Waals surface area (Å²) in [7, 11) is 0. The number of aromatic nitrogens is 4. The highest BCUT2D eigenvalue weighted by Gasteiger charge is 2.10. The first-order valence-electron chi connectivity index (χ1n) is 6.60. The van der Waals surface area contributed by atoms with Crippen molar-refractivity contribution >= 4 is 34.2 Å². The quantitative estimate of drug-likeness (QED) is 0.678. The molecular weight excluding hydrogens is 393 g/mol. The summed E-state index contributed by atoms with van der Waals surface area (Å²) in [6, 6.07) is 17.1. The van der Waals surface area contributed by atoms with Crippen LogP contribution >= 0.6 is 22.6 Å². The molecule has 2 aromatic carbocycles. The summed E-state index contributed by atoms with van der Waals surface area (Å²) in [6.07, 6.45) is 0. The minimum atomic E-state index is -0.193. The average molecular weight is 405 g/mol. The largest absolute Gasteiger partial charge is 0.323 e. The highest BCUT2D eigenvalue weighted by molar-refractivity contribution is 14.1. The van der Waals surface area contributed by atoms with Gasteiger partial charge in [0.15, 0.2) is 0 Å². The smallest absolute Gasteiger partial charge is 0.248 e. The lowest BCUT2D eigenvalue weighted by atomic mass is 10.2. The second-order valence-corrected chi connectivity index (χ2v) is 5.70. The fraction of sp³-hybridized carbons (Fsp3) is 0.0667. The number of nitrogens with one attached hydrogen (secondary N) is 1. The van der Waals surface area contributed by atoms with Crippen molar-refractivity contribution in [3.8, 4) is 11.4 Å². The molecule has 0 fully saturated rings. The Kier molecular flexibility index (Phi) is 4.42. The van der Waals surface area contributed by atoms with Crippen LogP contribution in [0.5, 0.6) is 0 Å². The topological polar surface area (TPSA) is 72.7 Å². The highest BCUT2D eigenvalue weighted by atomic mass is 127. The summed E-state index contributed by atoms with van der Waals surface area (Å²) >= 11 is 2.17. The van der Waals surface area contributed by atoms with Gasteiger partial charge in [-0.05, 0) is 39.9 Å². The molecular formula is C15H12IN5O. The van der Waals surface area contributed by atoms with Gasteiger partial charge >= 0.3 is 0 Å². The molecule has 3 aromatic rings. The Morgan fingerprint density at radius 2 is 1.82 bits per heavy atom. The molecule has 0 aliphatic rings. The number of nitrogens with zero attached hydrogens (tertiary/aromatic N) is 4. The fourth-order valence-electron chi connectivity index (χ4n) is 1.89. The van der Waals surface area contributed by atoms with E-state index in [0.29, 0.717) is 5.82 Å². The summed E-state index contributed by atoms with van der Waals surface area (Å²) in [5.74, 6) is 0.309. The van der Waals surface area contributed by atoms with E-state index in [1.807, 2.05) is 54.6 Å². The third-order valence-electron chi connectivity index (χ3n) is 2.92. The number of anilines is 1. The molecule has 22 heavy (non-hydrogen) atoms. The number of hydrogen-bond acceptors (Lipinski definition) is 4. The first-order chi connectivity index (χ1) is 10.7. The zero-order chi connectivity index (χ0) is 15.4. The molecule has 0 aliphatic carbocycles. The van der Waals surface area contributed by atoms with E-state index in [1.165, 1.54) is 4.80 Å². The Balaban J connectivity index is 1.68. The summed E-state index contributed by atoms with van der Waals surface area (Å²) in [4.78, 5) is 13.3. The van der Waals surface area contributed by atoms with Crippen LogP contribution in [0.25, 0.3) is 11.4 Å². The standard InChI is InChI=1S/C15H12IN5O/c16-12-8-4-5-9-13(12)17-14(22)10-21-19-15(18-20-21)11-6-2-1-3-7-11/h1-9H,10H2,(H,17,22). The third-order valence-corrected chi connectivity index (χ3v) is 3.86. The predicted octanol–water partition coefficient (Wildman–Crippen LogP) is 2.58. The number of tetrazole rings is 1. The van der Waals surface area contributed by atoms with Gasteiger partial charge in [-0.15, -0.1) is 10.2 Å². The first kappa shape index (κ1) is 14.6. The monoisotopic (exact) mass is 405 g/mol. The van der Waals surface area contributed by atoms with Crippen LogP contribution in [0.1, 0.15) is 0 Å². The number of rotatable bonds is 4. The number of para-hydroxylation sites is 1. The summed E-state index contributed by atoms with van der Waals surface area (Å²) in [6.45, 7) is 0.0187. The van der Waals surface area contributed by atoms with Crippen LogP contribution in [-0.2, 0) is 11.3 Å². The normalized spacial score (nSPS) is 10.4. The van der Waals surface area contributed by atoms with E-state index >= 15 is 0 Å². The maximum Gasteiger partial charge on any atom is 0.248 e. The van der Waals surface area contributed by atoms with Crippen LogP contribution < -0.4 is 5.32 Å². The Morgan fingerprint density at radius 3 is 2.59 bits per heavy atom. The Labute approximate surface area is 140 Å². The number of amides is 1. The molecule has 1 N–H and O–H groups in total. The first-order valence-corrected chi connectivity index (χ1v) is 7.68. The van der Waals surface area contributed by atoms with Crippen LogP contribution in [0.15, 0.2) is 54.6 Å². The molecule has 0 bridgehead atoms. The third kappa shape index (κ3) is 3.48. The molecule has 0 aliphatic heterocycles.